The third-order valence-electron chi connectivity index (χ3n) is 2.64. The summed E-state index contributed by atoms with van der Waals surface area (Å²) in [6.45, 7) is 1.57. The Hall–Kier alpha value is -1.98. The molecule has 0 bridgehead atoms. The highest BCUT2D eigenvalue weighted by molar-refractivity contribution is 5.96. The zero-order valence-corrected chi connectivity index (χ0v) is 9.98. The van der Waals surface area contributed by atoms with E-state index in [-0.39, 0.29) is 6.42 Å². The number of carbonyl (C=O) groups is 2. The molecule has 1 N–H and O–H groups in total. The fraction of sp³-hybridized carbons (Fsp3) is 0.333. The number of carboxylic acid groups (broad SMARTS) is 1. The molecule has 1 rings (SSSR count). The molecule has 1 aromatic carbocycles. The maximum absolute atomic E-state index is 13.4. The van der Waals surface area contributed by atoms with E-state index in [1.807, 2.05) is 0 Å². The Morgan fingerprint density at radius 3 is 2.22 bits per heavy atom. The summed E-state index contributed by atoms with van der Waals surface area (Å²) in [5.74, 6) is -4.22. The summed E-state index contributed by atoms with van der Waals surface area (Å²) >= 11 is 0. The lowest BCUT2D eigenvalue weighted by atomic mass is 10.1. The Labute approximate surface area is 103 Å². The largest absolute Gasteiger partial charge is 0.480 e. The van der Waals surface area contributed by atoms with Crippen LogP contribution >= 0.6 is 0 Å². The molecule has 1 amide bonds. The lowest BCUT2D eigenvalue weighted by Gasteiger charge is -2.24. The standard InChI is InChI=1S/C12H13F2NO3/c1-3-9(12(17)18)15(2)11(16)10-7(13)5-4-6-8(10)14/h4-6,9H,3H2,1-2H3,(H,17,18). The molecule has 0 aliphatic heterocycles. The predicted octanol–water partition coefficient (Wildman–Crippen LogP) is 1.90. The van der Waals surface area contributed by atoms with Crippen molar-refractivity contribution in [1.29, 1.82) is 0 Å². The van der Waals surface area contributed by atoms with Gasteiger partial charge < -0.3 is 10.0 Å². The number of carboxylic acids is 1. The normalized spacial score (nSPS) is 12.0. The van der Waals surface area contributed by atoms with Gasteiger partial charge in [0.1, 0.15) is 23.2 Å². The van der Waals surface area contributed by atoms with Crippen LogP contribution in [0.3, 0.4) is 0 Å². The molecule has 98 valence electrons. The molecule has 0 saturated carbocycles. The summed E-state index contributed by atoms with van der Waals surface area (Å²) in [6, 6.07) is 1.92. The van der Waals surface area contributed by atoms with Gasteiger partial charge in [-0.05, 0) is 18.6 Å². The second-order valence-corrected chi connectivity index (χ2v) is 3.78. The Balaban J connectivity index is 3.11. The van der Waals surface area contributed by atoms with E-state index in [0.717, 1.165) is 23.1 Å². The molecule has 0 aliphatic rings. The molecule has 0 fully saturated rings. The van der Waals surface area contributed by atoms with Crippen LogP contribution in [-0.4, -0.2) is 35.0 Å². The molecule has 0 heterocycles. The Morgan fingerprint density at radius 2 is 1.83 bits per heavy atom. The lowest BCUT2D eigenvalue weighted by molar-refractivity contribution is -0.142. The summed E-state index contributed by atoms with van der Waals surface area (Å²) in [6.07, 6.45) is 0.146. The first kappa shape index (κ1) is 14.1. The second kappa shape index (κ2) is 5.57. The highest BCUT2D eigenvalue weighted by Crippen LogP contribution is 2.16. The number of nitrogens with zero attached hydrogens (tertiary/aromatic N) is 1. The number of amides is 1. The number of benzene rings is 1. The smallest absolute Gasteiger partial charge is 0.326 e. The maximum atomic E-state index is 13.4. The first-order valence-electron chi connectivity index (χ1n) is 5.34. The Kier molecular flexibility index (Phi) is 4.36. The zero-order chi connectivity index (χ0) is 13.9. The number of aliphatic carboxylic acids is 1. The molecule has 0 aromatic heterocycles. The van der Waals surface area contributed by atoms with Crippen molar-refractivity contribution in [2.24, 2.45) is 0 Å². The minimum absolute atomic E-state index is 0.146. The van der Waals surface area contributed by atoms with E-state index >= 15 is 0 Å². The molecule has 1 aromatic rings. The quantitative estimate of drug-likeness (QED) is 0.896. The van der Waals surface area contributed by atoms with Gasteiger partial charge in [-0.15, -0.1) is 0 Å². The molecule has 0 spiro atoms. The number of hydrogen-bond donors (Lipinski definition) is 1. The van der Waals surface area contributed by atoms with Gasteiger partial charge in [-0.3, -0.25) is 4.79 Å². The zero-order valence-electron chi connectivity index (χ0n) is 9.98. The summed E-state index contributed by atoms with van der Waals surface area (Å²) in [4.78, 5) is 23.6. The average molecular weight is 257 g/mol. The van der Waals surface area contributed by atoms with Crippen LogP contribution in [0.4, 0.5) is 8.78 Å². The fourth-order valence-electron chi connectivity index (χ4n) is 1.63. The van der Waals surface area contributed by atoms with Crippen LogP contribution < -0.4 is 0 Å². The summed E-state index contributed by atoms with van der Waals surface area (Å²) in [5.41, 5.74) is -0.736. The minimum atomic E-state index is -1.22. The van der Waals surface area contributed by atoms with Crippen molar-refractivity contribution in [2.75, 3.05) is 7.05 Å². The van der Waals surface area contributed by atoms with E-state index in [0.29, 0.717) is 0 Å². The van der Waals surface area contributed by atoms with E-state index in [4.69, 9.17) is 5.11 Å². The van der Waals surface area contributed by atoms with Gasteiger partial charge in [-0.25, -0.2) is 13.6 Å². The topological polar surface area (TPSA) is 57.6 Å². The molecule has 0 radical (unpaired) electrons. The van der Waals surface area contributed by atoms with Crippen molar-refractivity contribution in [2.45, 2.75) is 19.4 Å². The molecule has 18 heavy (non-hydrogen) atoms. The van der Waals surface area contributed by atoms with Crippen LogP contribution in [0.25, 0.3) is 0 Å². The van der Waals surface area contributed by atoms with E-state index < -0.39 is 35.1 Å². The monoisotopic (exact) mass is 257 g/mol. The van der Waals surface area contributed by atoms with E-state index in [2.05, 4.69) is 0 Å². The highest BCUT2D eigenvalue weighted by atomic mass is 19.1. The first-order chi connectivity index (χ1) is 8.40. The number of hydrogen-bond acceptors (Lipinski definition) is 2. The van der Waals surface area contributed by atoms with Crippen molar-refractivity contribution >= 4 is 11.9 Å². The van der Waals surface area contributed by atoms with E-state index in [9.17, 15) is 18.4 Å². The number of halogens is 2. The second-order valence-electron chi connectivity index (χ2n) is 3.78. The van der Waals surface area contributed by atoms with Gasteiger partial charge in [-0.2, -0.15) is 0 Å². The molecular formula is C12H13F2NO3. The lowest BCUT2D eigenvalue weighted by Crippen LogP contribution is -2.42. The number of rotatable bonds is 4. The molecule has 0 aliphatic carbocycles. The summed E-state index contributed by atoms with van der Waals surface area (Å²) in [5, 5.41) is 8.90. The van der Waals surface area contributed by atoms with Crippen molar-refractivity contribution in [3.8, 4) is 0 Å². The number of carbonyl (C=O) groups excluding carboxylic acids is 1. The molecule has 6 heteroatoms. The maximum Gasteiger partial charge on any atom is 0.326 e. The average Bonchev–Trinajstić information content (AvgIpc) is 2.28. The van der Waals surface area contributed by atoms with Gasteiger partial charge in [0, 0.05) is 7.05 Å². The Morgan fingerprint density at radius 1 is 1.33 bits per heavy atom. The van der Waals surface area contributed by atoms with E-state index in [1.165, 1.54) is 7.05 Å². The summed E-state index contributed by atoms with van der Waals surface area (Å²) < 4.78 is 26.8. The van der Waals surface area contributed by atoms with Crippen molar-refractivity contribution in [3.63, 3.8) is 0 Å². The van der Waals surface area contributed by atoms with Gasteiger partial charge in [-0.1, -0.05) is 13.0 Å². The van der Waals surface area contributed by atoms with Gasteiger partial charge in [0.2, 0.25) is 0 Å². The van der Waals surface area contributed by atoms with Gasteiger partial charge in [0.05, 0.1) is 0 Å². The van der Waals surface area contributed by atoms with Crippen molar-refractivity contribution in [1.82, 2.24) is 4.90 Å². The third kappa shape index (κ3) is 2.64. The third-order valence-corrected chi connectivity index (χ3v) is 2.64. The minimum Gasteiger partial charge on any atom is -0.480 e. The van der Waals surface area contributed by atoms with Gasteiger partial charge in [0.25, 0.3) is 5.91 Å². The predicted molar refractivity (Wildman–Crippen MR) is 60.2 cm³/mol. The van der Waals surface area contributed by atoms with Crippen LogP contribution in [0, 0.1) is 11.6 Å². The van der Waals surface area contributed by atoms with Crippen LogP contribution in [0.1, 0.15) is 23.7 Å². The SMILES string of the molecule is CCC(C(=O)O)N(C)C(=O)c1c(F)cccc1F. The molecule has 0 saturated heterocycles. The molecule has 1 unspecified atom stereocenters. The highest BCUT2D eigenvalue weighted by Gasteiger charge is 2.28. The van der Waals surface area contributed by atoms with Gasteiger partial charge in [0.15, 0.2) is 0 Å². The van der Waals surface area contributed by atoms with E-state index in [1.54, 1.807) is 6.92 Å². The summed E-state index contributed by atoms with van der Waals surface area (Å²) in [7, 11) is 1.20. The van der Waals surface area contributed by atoms with Crippen LogP contribution in [0.15, 0.2) is 18.2 Å². The van der Waals surface area contributed by atoms with Crippen molar-refractivity contribution in [3.05, 3.63) is 35.4 Å². The van der Waals surface area contributed by atoms with Crippen LogP contribution in [0.2, 0.25) is 0 Å². The fourth-order valence-corrected chi connectivity index (χ4v) is 1.63. The number of likely N-dealkylation sites (N-methyl/N-ethyl adjacent to an activating group) is 1. The first-order valence-corrected chi connectivity index (χ1v) is 5.34. The molecule has 1 atom stereocenters. The van der Waals surface area contributed by atoms with Crippen LogP contribution in [-0.2, 0) is 4.79 Å². The Bertz CT molecular complexity index is 456. The van der Waals surface area contributed by atoms with Gasteiger partial charge >= 0.3 is 5.97 Å². The molecular weight excluding hydrogens is 244 g/mol. The van der Waals surface area contributed by atoms with Crippen LogP contribution in [0.5, 0.6) is 0 Å². The van der Waals surface area contributed by atoms with Crippen molar-refractivity contribution < 1.29 is 23.5 Å². The molecule has 4 nitrogen and oxygen atoms in total.